The molecule has 0 spiro atoms. The highest BCUT2D eigenvalue weighted by atomic mass is 16.6. The summed E-state index contributed by atoms with van der Waals surface area (Å²) in [6, 6.07) is 0. The van der Waals surface area contributed by atoms with Gasteiger partial charge in [-0.15, -0.1) is 0 Å². The van der Waals surface area contributed by atoms with Crippen molar-refractivity contribution in [2.24, 2.45) is 0 Å². The van der Waals surface area contributed by atoms with Crippen LogP contribution >= 0.6 is 0 Å². The maximum absolute atomic E-state index is 10.6. The van der Waals surface area contributed by atoms with Crippen LogP contribution < -0.4 is 0 Å². The Labute approximate surface area is 95.6 Å². The molecule has 4 heteroatoms. The van der Waals surface area contributed by atoms with Crippen molar-refractivity contribution < 1.29 is 19.4 Å². The molecule has 0 aliphatic heterocycles. The van der Waals surface area contributed by atoms with E-state index in [-0.39, 0.29) is 6.61 Å². The zero-order valence-electron chi connectivity index (χ0n) is 9.95. The molecule has 0 bridgehead atoms. The summed E-state index contributed by atoms with van der Waals surface area (Å²) in [5, 5.41) is 8.25. The Morgan fingerprint density at radius 3 is 2.31 bits per heavy atom. The number of ether oxygens (including phenoxy) is 1. The Balaban J connectivity index is 3.83. The first-order chi connectivity index (χ1) is 7.43. The molecule has 0 atom stereocenters. The third kappa shape index (κ3) is 7.79. The highest BCUT2D eigenvalue weighted by molar-refractivity contribution is 6.28. The van der Waals surface area contributed by atoms with Crippen molar-refractivity contribution in [2.45, 2.75) is 33.6 Å². The van der Waals surface area contributed by atoms with E-state index in [0.29, 0.717) is 0 Å². The summed E-state index contributed by atoms with van der Waals surface area (Å²) in [4.78, 5) is 20.7. The summed E-state index contributed by atoms with van der Waals surface area (Å²) in [6.07, 6.45) is 5.67. The molecular weight excluding hydrogens is 208 g/mol. The Morgan fingerprint density at radius 1 is 1.19 bits per heavy atom. The van der Waals surface area contributed by atoms with Gasteiger partial charge in [0.15, 0.2) is 0 Å². The van der Waals surface area contributed by atoms with Crippen molar-refractivity contribution in [1.29, 1.82) is 0 Å². The fourth-order valence-corrected chi connectivity index (χ4v) is 1.01. The molecule has 0 fully saturated rings. The zero-order chi connectivity index (χ0) is 12.6. The van der Waals surface area contributed by atoms with Gasteiger partial charge in [-0.05, 0) is 39.7 Å². The third-order valence-electron chi connectivity index (χ3n) is 1.91. The van der Waals surface area contributed by atoms with Gasteiger partial charge in [-0.25, -0.2) is 9.59 Å². The minimum atomic E-state index is -1.56. The van der Waals surface area contributed by atoms with Gasteiger partial charge < -0.3 is 9.84 Å². The van der Waals surface area contributed by atoms with Crippen LogP contribution in [0, 0.1) is 0 Å². The molecule has 0 aromatic heterocycles. The van der Waals surface area contributed by atoms with Crippen molar-refractivity contribution in [1.82, 2.24) is 0 Å². The summed E-state index contributed by atoms with van der Waals surface area (Å²) in [6.45, 7) is 6.01. The van der Waals surface area contributed by atoms with E-state index in [0.717, 1.165) is 18.4 Å². The van der Waals surface area contributed by atoms with Crippen LogP contribution in [0.5, 0.6) is 0 Å². The van der Waals surface area contributed by atoms with Crippen LogP contribution in [-0.2, 0) is 14.3 Å². The highest BCUT2D eigenvalue weighted by Crippen LogP contribution is 2.06. The first-order valence-corrected chi connectivity index (χ1v) is 5.12. The average molecular weight is 226 g/mol. The number of allylic oxidation sites excluding steroid dienone is 3. The van der Waals surface area contributed by atoms with Gasteiger partial charge in [0.25, 0.3) is 0 Å². The molecule has 1 N–H and O–H groups in total. The second-order valence-electron chi connectivity index (χ2n) is 3.77. The van der Waals surface area contributed by atoms with Crippen molar-refractivity contribution in [3.05, 3.63) is 23.3 Å². The summed E-state index contributed by atoms with van der Waals surface area (Å²) in [5.74, 6) is -2.77. The van der Waals surface area contributed by atoms with E-state index < -0.39 is 11.9 Å². The van der Waals surface area contributed by atoms with Crippen molar-refractivity contribution >= 4 is 11.9 Å². The van der Waals surface area contributed by atoms with Gasteiger partial charge in [0, 0.05) is 0 Å². The van der Waals surface area contributed by atoms with E-state index in [1.54, 1.807) is 6.08 Å². The van der Waals surface area contributed by atoms with E-state index in [1.165, 1.54) is 5.57 Å². The lowest BCUT2D eigenvalue weighted by Crippen LogP contribution is -2.16. The van der Waals surface area contributed by atoms with Crippen LogP contribution in [0.25, 0.3) is 0 Å². The van der Waals surface area contributed by atoms with E-state index in [9.17, 15) is 9.59 Å². The van der Waals surface area contributed by atoms with Crippen molar-refractivity contribution in [3.63, 3.8) is 0 Å². The highest BCUT2D eigenvalue weighted by Gasteiger charge is 2.10. The van der Waals surface area contributed by atoms with Crippen LogP contribution in [0.4, 0.5) is 0 Å². The second-order valence-corrected chi connectivity index (χ2v) is 3.77. The second kappa shape index (κ2) is 7.68. The van der Waals surface area contributed by atoms with E-state index in [1.807, 2.05) is 20.8 Å². The minimum Gasteiger partial charge on any atom is -0.473 e. The number of esters is 1. The molecule has 0 unspecified atom stereocenters. The van der Waals surface area contributed by atoms with Crippen LogP contribution in [-0.4, -0.2) is 23.7 Å². The zero-order valence-corrected chi connectivity index (χ0v) is 9.95. The largest absolute Gasteiger partial charge is 0.473 e. The molecule has 0 aromatic rings. The van der Waals surface area contributed by atoms with Gasteiger partial charge in [-0.1, -0.05) is 17.2 Å². The van der Waals surface area contributed by atoms with Crippen LogP contribution in [0.2, 0.25) is 0 Å². The van der Waals surface area contributed by atoms with Gasteiger partial charge >= 0.3 is 11.9 Å². The quantitative estimate of drug-likeness (QED) is 0.444. The van der Waals surface area contributed by atoms with E-state index in [4.69, 9.17) is 5.11 Å². The van der Waals surface area contributed by atoms with Gasteiger partial charge in [-0.2, -0.15) is 0 Å². The molecule has 0 rings (SSSR count). The molecule has 4 nitrogen and oxygen atoms in total. The maximum atomic E-state index is 10.6. The number of rotatable bonds is 5. The monoisotopic (exact) mass is 226 g/mol. The molecular formula is C12H18O4. The summed E-state index contributed by atoms with van der Waals surface area (Å²) >= 11 is 0. The Morgan fingerprint density at radius 2 is 1.81 bits per heavy atom. The topological polar surface area (TPSA) is 63.6 Å². The summed E-state index contributed by atoms with van der Waals surface area (Å²) < 4.78 is 4.47. The molecule has 0 aliphatic carbocycles. The molecule has 0 saturated heterocycles. The van der Waals surface area contributed by atoms with Crippen LogP contribution in [0.1, 0.15) is 33.6 Å². The fourth-order valence-electron chi connectivity index (χ4n) is 1.01. The predicted octanol–water partition coefficient (Wildman–Crippen LogP) is 2.31. The summed E-state index contributed by atoms with van der Waals surface area (Å²) in [7, 11) is 0. The Hall–Kier alpha value is -1.58. The molecule has 0 aliphatic rings. The van der Waals surface area contributed by atoms with Gasteiger partial charge in [0.2, 0.25) is 0 Å². The minimum absolute atomic E-state index is 0.0196. The van der Waals surface area contributed by atoms with Crippen molar-refractivity contribution in [3.8, 4) is 0 Å². The normalized spacial score (nSPS) is 10.8. The number of carboxylic acid groups (broad SMARTS) is 1. The Bertz CT molecular complexity index is 309. The van der Waals surface area contributed by atoms with Gasteiger partial charge in [0.1, 0.15) is 6.61 Å². The Kier molecular flexibility index (Phi) is 6.92. The molecule has 16 heavy (non-hydrogen) atoms. The lowest BCUT2D eigenvalue weighted by Gasteiger charge is -2.00. The standard InChI is InChI=1S/C12H18O4/c1-9(2)5-4-6-10(3)7-8-16-12(15)11(13)14/h5,7H,4,6,8H2,1-3H3,(H,13,14)/b10-7+. The molecule has 0 aromatic carbocycles. The number of carboxylic acids is 1. The number of hydrogen-bond acceptors (Lipinski definition) is 3. The van der Waals surface area contributed by atoms with Gasteiger partial charge in [-0.3, -0.25) is 0 Å². The molecule has 0 heterocycles. The summed E-state index contributed by atoms with van der Waals surface area (Å²) in [5.41, 5.74) is 2.35. The third-order valence-corrected chi connectivity index (χ3v) is 1.91. The van der Waals surface area contributed by atoms with Crippen LogP contribution in [0.15, 0.2) is 23.3 Å². The average Bonchev–Trinajstić information content (AvgIpc) is 2.16. The number of aliphatic carboxylic acids is 1. The smallest absolute Gasteiger partial charge is 0.417 e. The van der Waals surface area contributed by atoms with E-state index in [2.05, 4.69) is 10.8 Å². The number of carbonyl (C=O) groups is 2. The predicted molar refractivity (Wildman–Crippen MR) is 61.0 cm³/mol. The lowest BCUT2D eigenvalue weighted by molar-refractivity contribution is -0.163. The van der Waals surface area contributed by atoms with Crippen molar-refractivity contribution in [2.75, 3.05) is 6.61 Å². The molecule has 90 valence electrons. The number of hydrogen-bond donors (Lipinski definition) is 1. The fraction of sp³-hybridized carbons (Fsp3) is 0.500. The molecule has 0 saturated carbocycles. The first-order valence-electron chi connectivity index (χ1n) is 5.12. The van der Waals surface area contributed by atoms with Gasteiger partial charge in [0.05, 0.1) is 0 Å². The molecule has 0 amide bonds. The molecule has 0 radical (unpaired) electrons. The lowest BCUT2D eigenvalue weighted by atomic mass is 10.1. The van der Waals surface area contributed by atoms with E-state index >= 15 is 0 Å². The SMILES string of the molecule is CC(C)=CCC/C(C)=C/COC(=O)C(=O)O. The first kappa shape index (κ1) is 14.4. The van der Waals surface area contributed by atoms with Crippen LogP contribution in [0.3, 0.4) is 0 Å². The maximum Gasteiger partial charge on any atom is 0.417 e. The number of carbonyl (C=O) groups excluding carboxylic acids is 1.